The lowest BCUT2D eigenvalue weighted by Crippen LogP contribution is -2.34. The van der Waals surface area contributed by atoms with E-state index in [0.29, 0.717) is 0 Å². The second kappa shape index (κ2) is 7.66. The minimum Gasteiger partial charge on any atom is -0.480 e. The summed E-state index contributed by atoms with van der Waals surface area (Å²) in [6.45, 7) is 3.99. The van der Waals surface area contributed by atoms with E-state index in [1.54, 1.807) is 25.5 Å². The molecule has 0 aliphatic heterocycles. The van der Waals surface area contributed by atoms with Crippen LogP contribution in [0, 0.1) is 10.1 Å². The van der Waals surface area contributed by atoms with E-state index in [2.05, 4.69) is 0 Å². The van der Waals surface area contributed by atoms with Gasteiger partial charge < -0.3 is 9.84 Å². The summed E-state index contributed by atoms with van der Waals surface area (Å²) in [6.07, 6.45) is -0.861. The molecule has 1 aromatic carbocycles. The molecule has 0 aliphatic carbocycles. The van der Waals surface area contributed by atoms with E-state index in [4.69, 9.17) is 9.84 Å². The fourth-order valence-corrected chi connectivity index (χ4v) is 2.76. The molecule has 1 aromatic rings. The van der Waals surface area contributed by atoms with Gasteiger partial charge in [-0.05, 0) is 32.9 Å². The number of carboxylic acids is 1. The molecule has 0 aromatic heterocycles. The van der Waals surface area contributed by atoms with Crippen LogP contribution in [-0.2, 0) is 19.6 Å². The molecular formula is C14H19N3O8S. The fraction of sp³-hybridized carbons (Fsp3) is 0.429. The minimum absolute atomic E-state index is 0.179. The first-order valence-electron chi connectivity index (χ1n) is 7.21. The highest BCUT2D eigenvalue weighted by molar-refractivity contribution is 7.89. The van der Waals surface area contributed by atoms with Gasteiger partial charge in [0.2, 0.25) is 10.0 Å². The van der Waals surface area contributed by atoms with E-state index >= 15 is 0 Å². The van der Waals surface area contributed by atoms with Crippen LogP contribution in [0.4, 0.5) is 16.2 Å². The number of benzene rings is 1. The lowest BCUT2D eigenvalue weighted by atomic mass is 10.2. The predicted molar refractivity (Wildman–Crippen MR) is 90.6 cm³/mol. The second-order valence-corrected chi connectivity index (χ2v) is 7.93. The molecule has 0 unspecified atom stereocenters. The average molecular weight is 389 g/mol. The molecule has 26 heavy (non-hydrogen) atoms. The van der Waals surface area contributed by atoms with Gasteiger partial charge in [0, 0.05) is 13.1 Å². The van der Waals surface area contributed by atoms with E-state index in [0.717, 1.165) is 23.1 Å². The maximum Gasteiger partial charge on any atom is 0.414 e. The van der Waals surface area contributed by atoms with E-state index in [-0.39, 0.29) is 5.69 Å². The SMILES string of the molecule is CN(C(=O)OC(C)(C)C)c1ccc(S(=O)(=O)NCC(=O)O)cc1[N+](=O)[O-]. The Hall–Kier alpha value is -2.73. The predicted octanol–water partition coefficient (Wildman–Crippen LogP) is 1.33. The number of nitrogens with one attached hydrogen (secondary N) is 1. The summed E-state index contributed by atoms with van der Waals surface area (Å²) < 4.78 is 30.9. The summed E-state index contributed by atoms with van der Waals surface area (Å²) in [6, 6.07) is 2.82. The Morgan fingerprint density at radius 2 is 1.92 bits per heavy atom. The van der Waals surface area contributed by atoms with Crippen LogP contribution >= 0.6 is 0 Å². The van der Waals surface area contributed by atoms with Gasteiger partial charge in [-0.1, -0.05) is 0 Å². The zero-order chi connectivity index (χ0) is 20.3. The number of amides is 1. The number of nitro groups is 1. The Bertz CT molecular complexity index is 829. The van der Waals surface area contributed by atoms with Gasteiger partial charge in [0.05, 0.1) is 9.82 Å². The molecule has 0 radical (unpaired) electrons. The van der Waals surface area contributed by atoms with Crippen molar-refractivity contribution in [3.8, 4) is 0 Å². The van der Waals surface area contributed by atoms with Crippen molar-refractivity contribution in [3.63, 3.8) is 0 Å². The molecule has 0 spiro atoms. The van der Waals surface area contributed by atoms with Gasteiger partial charge in [-0.2, -0.15) is 4.72 Å². The fourth-order valence-electron chi connectivity index (χ4n) is 1.77. The molecule has 0 bridgehead atoms. The Labute approximate surface area is 149 Å². The minimum atomic E-state index is -4.27. The molecule has 0 saturated heterocycles. The molecular weight excluding hydrogens is 370 g/mol. The van der Waals surface area contributed by atoms with Crippen molar-refractivity contribution in [2.45, 2.75) is 31.3 Å². The summed E-state index contributed by atoms with van der Waals surface area (Å²) in [5.41, 5.74) is -1.66. The van der Waals surface area contributed by atoms with Crippen LogP contribution < -0.4 is 9.62 Å². The van der Waals surface area contributed by atoms with Crippen LogP contribution in [-0.4, -0.2) is 49.7 Å². The van der Waals surface area contributed by atoms with Crippen molar-refractivity contribution in [2.75, 3.05) is 18.5 Å². The molecule has 0 fully saturated rings. The van der Waals surface area contributed by atoms with Crippen molar-refractivity contribution in [1.82, 2.24) is 4.72 Å². The second-order valence-electron chi connectivity index (χ2n) is 6.17. The summed E-state index contributed by atoms with van der Waals surface area (Å²) >= 11 is 0. The smallest absolute Gasteiger partial charge is 0.414 e. The van der Waals surface area contributed by atoms with E-state index in [9.17, 15) is 28.1 Å². The standard InChI is InChI=1S/C14H19N3O8S/c1-14(2,3)25-13(20)16(4)10-6-5-9(7-11(10)17(21)22)26(23,24)15-8-12(18)19/h5-7,15H,8H2,1-4H3,(H,18,19). The van der Waals surface area contributed by atoms with Crippen molar-refractivity contribution in [1.29, 1.82) is 0 Å². The van der Waals surface area contributed by atoms with Gasteiger partial charge in [0.15, 0.2) is 0 Å². The maximum atomic E-state index is 12.1. The quantitative estimate of drug-likeness (QED) is 0.545. The Morgan fingerprint density at radius 1 is 1.35 bits per heavy atom. The average Bonchev–Trinajstić information content (AvgIpc) is 2.50. The molecule has 1 rings (SSSR count). The normalized spacial score (nSPS) is 11.7. The molecule has 0 atom stereocenters. The third-order valence-electron chi connectivity index (χ3n) is 2.90. The number of nitrogens with zero attached hydrogens (tertiary/aromatic N) is 2. The third-order valence-corrected chi connectivity index (χ3v) is 4.29. The lowest BCUT2D eigenvalue weighted by Gasteiger charge is -2.24. The number of carboxylic acid groups (broad SMARTS) is 1. The van der Waals surface area contributed by atoms with Crippen LogP contribution in [0.5, 0.6) is 0 Å². The number of nitro benzene ring substituents is 1. The zero-order valence-electron chi connectivity index (χ0n) is 14.5. The number of carbonyl (C=O) groups excluding carboxylic acids is 1. The molecule has 11 nitrogen and oxygen atoms in total. The number of ether oxygens (including phenoxy) is 1. The van der Waals surface area contributed by atoms with Crippen molar-refractivity contribution in [3.05, 3.63) is 28.3 Å². The van der Waals surface area contributed by atoms with Crippen molar-refractivity contribution < 1.29 is 32.8 Å². The van der Waals surface area contributed by atoms with Gasteiger partial charge in [-0.25, -0.2) is 13.2 Å². The van der Waals surface area contributed by atoms with E-state index in [1.807, 2.05) is 0 Å². The number of hydrogen-bond donors (Lipinski definition) is 2. The number of carbonyl (C=O) groups is 2. The molecule has 144 valence electrons. The zero-order valence-corrected chi connectivity index (χ0v) is 15.4. The molecule has 2 N–H and O–H groups in total. The first-order valence-corrected chi connectivity index (χ1v) is 8.69. The van der Waals surface area contributed by atoms with Gasteiger partial charge in [0.25, 0.3) is 5.69 Å². The highest BCUT2D eigenvalue weighted by Gasteiger charge is 2.28. The first kappa shape index (κ1) is 21.3. The van der Waals surface area contributed by atoms with E-state index < -0.39 is 49.7 Å². The van der Waals surface area contributed by atoms with Gasteiger partial charge in [-0.3, -0.25) is 19.8 Å². The monoisotopic (exact) mass is 389 g/mol. The topological polar surface area (TPSA) is 156 Å². The van der Waals surface area contributed by atoms with Crippen LogP contribution in [0.1, 0.15) is 20.8 Å². The number of hydrogen-bond acceptors (Lipinski definition) is 7. The third kappa shape index (κ3) is 5.67. The highest BCUT2D eigenvalue weighted by atomic mass is 32.2. The lowest BCUT2D eigenvalue weighted by molar-refractivity contribution is -0.384. The summed E-state index contributed by atoms with van der Waals surface area (Å²) in [5, 5.41) is 19.8. The Kier molecular flexibility index (Phi) is 6.28. The summed E-state index contributed by atoms with van der Waals surface area (Å²) in [5.74, 6) is -1.41. The van der Waals surface area contributed by atoms with Gasteiger partial charge >= 0.3 is 12.1 Å². The van der Waals surface area contributed by atoms with Gasteiger partial charge in [0.1, 0.15) is 17.8 Å². The Balaban J connectivity index is 3.27. The number of rotatable bonds is 6. The number of sulfonamides is 1. The summed E-state index contributed by atoms with van der Waals surface area (Å²) in [7, 11) is -3.03. The number of anilines is 1. The molecule has 12 heteroatoms. The van der Waals surface area contributed by atoms with Crippen LogP contribution in [0.3, 0.4) is 0 Å². The summed E-state index contributed by atoms with van der Waals surface area (Å²) in [4.78, 5) is 33.4. The highest BCUT2D eigenvalue weighted by Crippen LogP contribution is 2.31. The molecule has 0 saturated carbocycles. The van der Waals surface area contributed by atoms with Crippen molar-refractivity contribution in [2.24, 2.45) is 0 Å². The van der Waals surface area contributed by atoms with Crippen LogP contribution in [0.15, 0.2) is 23.1 Å². The van der Waals surface area contributed by atoms with Crippen molar-refractivity contribution >= 4 is 33.5 Å². The van der Waals surface area contributed by atoms with E-state index in [1.165, 1.54) is 7.05 Å². The Morgan fingerprint density at radius 3 is 2.38 bits per heavy atom. The first-order chi connectivity index (χ1) is 11.7. The maximum absolute atomic E-state index is 12.1. The largest absolute Gasteiger partial charge is 0.480 e. The van der Waals surface area contributed by atoms with Crippen LogP contribution in [0.25, 0.3) is 0 Å². The van der Waals surface area contributed by atoms with Gasteiger partial charge in [-0.15, -0.1) is 0 Å². The molecule has 0 aliphatic rings. The number of aliphatic carboxylic acids is 1. The van der Waals surface area contributed by atoms with Crippen LogP contribution in [0.2, 0.25) is 0 Å². The molecule has 1 amide bonds. The molecule has 0 heterocycles.